The van der Waals surface area contributed by atoms with Crippen LogP contribution in [0.3, 0.4) is 0 Å². The summed E-state index contributed by atoms with van der Waals surface area (Å²) in [6, 6.07) is 7.68. The third-order valence-corrected chi connectivity index (χ3v) is 6.08. The lowest BCUT2D eigenvalue weighted by Crippen LogP contribution is -2.28. The number of imide groups is 1. The predicted octanol–water partition coefficient (Wildman–Crippen LogP) is 6.44. The number of amides is 2. The van der Waals surface area contributed by atoms with Crippen molar-refractivity contribution in [2.24, 2.45) is 0 Å². The van der Waals surface area contributed by atoms with E-state index < -0.39 is 17.0 Å². The van der Waals surface area contributed by atoms with E-state index >= 15 is 0 Å². The molecule has 0 bridgehead atoms. The largest absolute Gasteiger partial charge is 0.490 e. The van der Waals surface area contributed by atoms with E-state index in [0.29, 0.717) is 34.7 Å². The van der Waals surface area contributed by atoms with Crippen molar-refractivity contribution in [3.63, 3.8) is 0 Å². The number of carbonyl (C=O) groups is 2. The molecule has 2 amide bonds. The molecule has 2 aromatic rings. The fourth-order valence-corrected chi connectivity index (χ4v) is 4.48. The van der Waals surface area contributed by atoms with Gasteiger partial charge >= 0.3 is 0 Å². The van der Waals surface area contributed by atoms with E-state index in [4.69, 9.17) is 21.1 Å². The summed E-state index contributed by atoms with van der Waals surface area (Å²) in [6.07, 6.45) is 3.20. The molecule has 0 radical (unpaired) electrons. The van der Waals surface area contributed by atoms with Gasteiger partial charge in [0.05, 0.1) is 22.5 Å². The zero-order valence-electron chi connectivity index (χ0n) is 16.5. The minimum Gasteiger partial charge on any atom is -0.490 e. The van der Waals surface area contributed by atoms with Crippen molar-refractivity contribution in [2.45, 2.75) is 13.5 Å². The molecule has 0 saturated carbocycles. The standard InChI is InChI=1S/C22H18BrClFNO4S/c1-3-8-30-20-15(23)9-13(10-18(20)29-4-2)11-19-21(27)26(22(28)31-19)12-14-16(24)6-5-7-17(14)25/h3,5-7,9-11H,1,4,8,12H2,2H3/b19-11-. The average Bonchev–Trinajstić information content (AvgIpc) is 2.97. The van der Waals surface area contributed by atoms with Gasteiger partial charge in [0.2, 0.25) is 0 Å². The molecule has 162 valence electrons. The number of carbonyl (C=O) groups excluding carboxylic acids is 2. The number of halogens is 3. The summed E-state index contributed by atoms with van der Waals surface area (Å²) >= 11 is 10.3. The number of hydrogen-bond acceptors (Lipinski definition) is 5. The van der Waals surface area contributed by atoms with Gasteiger partial charge < -0.3 is 9.47 Å². The molecule has 1 heterocycles. The normalized spacial score (nSPS) is 15.0. The van der Waals surface area contributed by atoms with E-state index in [-0.39, 0.29) is 22.0 Å². The Morgan fingerprint density at radius 2 is 2.06 bits per heavy atom. The molecule has 0 unspecified atom stereocenters. The van der Waals surface area contributed by atoms with Crippen LogP contribution in [-0.2, 0) is 11.3 Å². The number of hydrogen-bond donors (Lipinski definition) is 0. The Labute approximate surface area is 197 Å². The van der Waals surface area contributed by atoms with Crippen LogP contribution in [0.4, 0.5) is 9.18 Å². The summed E-state index contributed by atoms with van der Waals surface area (Å²) < 4.78 is 26.0. The van der Waals surface area contributed by atoms with Gasteiger partial charge in [0.1, 0.15) is 12.4 Å². The van der Waals surface area contributed by atoms with Crippen LogP contribution < -0.4 is 9.47 Å². The second-order valence-corrected chi connectivity index (χ2v) is 8.59. The number of benzene rings is 2. The zero-order valence-corrected chi connectivity index (χ0v) is 19.7. The highest BCUT2D eigenvalue weighted by molar-refractivity contribution is 9.10. The van der Waals surface area contributed by atoms with Gasteiger partial charge in [-0.05, 0) is 70.5 Å². The molecule has 0 aromatic heterocycles. The van der Waals surface area contributed by atoms with E-state index in [1.165, 1.54) is 18.2 Å². The Morgan fingerprint density at radius 1 is 1.29 bits per heavy atom. The molecule has 1 saturated heterocycles. The van der Waals surface area contributed by atoms with Gasteiger partial charge in [0, 0.05) is 10.6 Å². The first-order chi connectivity index (χ1) is 14.8. The maximum absolute atomic E-state index is 14.1. The van der Waals surface area contributed by atoms with Crippen LogP contribution in [-0.4, -0.2) is 29.3 Å². The molecular formula is C22H18BrClFNO4S. The molecule has 3 rings (SSSR count). The summed E-state index contributed by atoms with van der Waals surface area (Å²) in [7, 11) is 0. The fraction of sp³-hybridized carbons (Fsp3) is 0.182. The predicted molar refractivity (Wildman–Crippen MR) is 124 cm³/mol. The summed E-state index contributed by atoms with van der Waals surface area (Å²) in [5.74, 6) is -0.0881. The summed E-state index contributed by atoms with van der Waals surface area (Å²) in [4.78, 5) is 26.4. The van der Waals surface area contributed by atoms with Crippen molar-refractivity contribution in [3.8, 4) is 11.5 Å². The molecule has 2 aromatic carbocycles. The summed E-state index contributed by atoms with van der Waals surface area (Å²) in [5, 5.41) is -0.339. The van der Waals surface area contributed by atoms with E-state index in [0.717, 1.165) is 16.7 Å². The molecule has 1 aliphatic heterocycles. The lowest BCUT2D eigenvalue weighted by molar-refractivity contribution is -0.123. The van der Waals surface area contributed by atoms with E-state index in [9.17, 15) is 14.0 Å². The van der Waals surface area contributed by atoms with Gasteiger partial charge in [-0.2, -0.15) is 0 Å². The summed E-state index contributed by atoms with van der Waals surface area (Å²) in [6.45, 7) is 5.95. The SMILES string of the molecule is C=CCOc1c(Br)cc(/C=C2\SC(=O)N(Cc3c(F)cccc3Cl)C2=O)cc1OCC. The van der Waals surface area contributed by atoms with Gasteiger partial charge in [-0.15, -0.1) is 0 Å². The minimum absolute atomic E-state index is 0.0952. The first-order valence-electron chi connectivity index (χ1n) is 9.24. The quantitative estimate of drug-likeness (QED) is 0.293. The second-order valence-electron chi connectivity index (χ2n) is 6.33. The number of thioether (sulfide) groups is 1. The van der Waals surface area contributed by atoms with Crippen LogP contribution >= 0.6 is 39.3 Å². The molecule has 5 nitrogen and oxygen atoms in total. The first-order valence-corrected chi connectivity index (χ1v) is 11.2. The van der Waals surface area contributed by atoms with Gasteiger partial charge in [0.15, 0.2) is 11.5 Å². The Morgan fingerprint density at radius 3 is 2.74 bits per heavy atom. The smallest absolute Gasteiger partial charge is 0.293 e. The van der Waals surface area contributed by atoms with Crippen molar-refractivity contribution in [1.29, 1.82) is 0 Å². The highest BCUT2D eigenvalue weighted by Crippen LogP contribution is 2.40. The van der Waals surface area contributed by atoms with Gasteiger partial charge in [-0.25, -0.2) is 4.39 Å². The topological polar surface area (TPSA) is 55.8 Å². The van der Waals surface area contributed by atoms with Crippen molar-refractivity contribution in [2.75, 3.05) is 13.2 Å². The molecule has 0 spiro atoms. The van der Waals surface area contributed by atoms with Crippen LogP contribution in [0.5, 0.6) is 11.5 Å². The third-order valence-electron chi connectivity index (χ3n) is 4.23. The molecular weight excluding hydrogens is 509 g/mol. The van der Waals surface area contributed by atoms with Crippen LogP contribution in [0.2, 0.25) is 5.02 Å². The highest BCUT2D eigenvalue weighted by atomic mass is 79.9. The first kappa shape index (κ1) is 23.4. The molecule has 1 fully saturated rings. The maximum Gasteiger partial charge on any atom is 0.293 e. The van der Waals surface area contributed by atoms with E-state index in [2.05, 4.69) is 22.5 Å². The fourth-order valence-electron chi connectivity index (χ4n) is 2.85. The summed E-state index contributed by atoms with van der Waals surface area (Å²) in [5.41, 5.74) is 0.730. The molecule has 1 aliphatic rings. The molecule has 0 atom stereocenters. The second kappa shape index (κ2) is 10.3. The van der Waals surface area contributed by atoms with Crippen LogP contribution in [0, 0.1) is 5.82 Å². The number of ether oxygens (including phenoxy) is 2. The Hall–Kier alpha value is -2.29. The minimum atomic E-state index is -0.573. The lowest BCUT2D eigenvalue weighted by atomic mass is 10.1. The van der Waals surface area contributed by atoms with Crippen molar-refractivity contribution >= 4 is 56.5 Å². The van der Waals surface area contributed by atoms with Gasteiger partial charge in [0.25, 0.3) is 11.1 Å². The van der Waals surface area contributed by atoms with Crippen LogP contribution in [0.25, 0.3) is 6.08 Å². The Kier molecular flexibility index (Phi) is 7.80. The van der Waals surface area contributed by atoms with E-state index in [1.54, 1.807) is 24.3 Å². The zero-order chi connectivity index (χ0) is 22.5. The number of rotatable bonds is 8. The molecule has 31 heavy (non-hydrogen) atoms. The van der Waals surface area contributed by atoms with Crippen molar-refractivity contribution in [3.05, 3.63) is 74.3 Å². The Bertz CT molecular complexity index is 1060. The van der Waals surface area contributed by atoms with Crippen LogP contribution in [0.15, 0.2) is 52.4 Å². The van der Waals surface area contributed by atoms with Gasteiger partial charge in [-0.1, -0.05) is 30.3 Å². The molecule has 0 aliphatic carbocycles. The lowest BCUT2D eigenvalue weighted by Gasteiger charge is -2.14. The van der Waals surface area contributed by atoms with Gasteiger partial charge in [-0.3, -0.25) is 14.5 Å². The third kappa shape index (κ3) is 5.31. The van der Waals surface area contributed by atoms with Crippen molar-refractivity contribution < 1.29 is 23.5 Å². The van der Waals surface area contributed by atoms with Crippen LogP contribution in [0.1, 0.15) is 18.1 Å². The number of nitrogens with zero attached hydrogens (tertiary/aromatic N) is 1. The average molecular weight is 527 g/mol. The highest BCUT2D eigenvalue weighted by Gasteiger charge is 2.36. The van der Waals surface area contributed by atoms with Crippen molar-refractivity contribution in [1.82, 2.24) is 4.90 Å². The van der Waals surface area contributed by atoms with E-state index in [1.807, 2.05) is 6.92 Å². The molecule has 9 heteroatoms. The monoisotopic (exact) mass is 525 g/mol. The Balaban J connectivity index is 1.89. The molecule has 0 N–H and O–H groups in total. The maximum atomic E-state index is 14.1.